The maximum Gasteiger partial charge on any atom is 0.354 e. The van der Waals surface area contributed by atoms with Crippen molar-refractivity contribution in [3.8, 4) is 0 Å². The van der Waals surface area contributed by atoms with Gasteiger partial charge in [-0.2, -0.15) is 0 Å². The Morgan fingerprint density at radius 2 is 2.37 bits per heavy atom. The predicted octanol–water partition coefficient (Wildman–Crippen LogP) is 1.15. The van der Waals surface area contributed by atoms with Crippen molar-refractivity contribution >= 4 is 25.7 Å². The molecule has 0 saturated carbocycles. The first-order chi connectivity index (χ1) is 8.88. The Kier molecular flexibility index (Phi) is 4.17. The first kappa shape index (κ1) is 14.4. The van der Waals surface area contributed by atoms with Crippen LogP contribution >= 0.6 is 10.7 Å². The minimum atomic E-state index is -3.84. The maximum atomic E-state index is 11.8. The number of nitrogens with zero attached hydrogens (tertiary/aromatic N) is 1. The second kappa shape index (κ2) is 5.52. The Labute approximate surface area is 115 Å². The molecular formula is C11H14ClNO5S. The molecule has 0 aromatic carbocycles. The average molecular weight is 308 g/mol. The molecular weight excluding hydrogens is 294 g/mol. The van der Waals surface area contributed by atoms with Gasteiger partial charge in [-0.25, -0.2) is 13.2 Å². The highest BCUT2D eigenvalue weighted by molar-refractivity contribution is 8.13. The smallest absolute Gasteiger partial charge is 0.354 e. The van der Waals surface area contributed by atoms with Crippen molar-refractivity contribution in [2.45, 2.75) is 11.3 Å². The zero-order valence-corrected chi connectivity index (χ0v) is 11.9. The van der Waals surface area contributed by atoms with E-state index >= 15 is 0 Å². The molecule has 19 heavy (non-hydrogen) atoms. The van der Waals surface area contributed by atoms with Crippen LogP contribution in [0.3, 0.4) is 0 Å². The first-order valence-corrected chi connectivity index (χ1v) is 8.05. The van der Waals surface area contributed by atoms with E-state index in [1.54, 1.807) is 7.05 Å². The van der Waals surface area contributed by atoms with Gasteiger partial charge in [-0.1, -0.05) is 0 Å². The van der Waals surface area contributed by atoms with Crippen LogP contribution in [0.1, 0.15) is 16.9 Å². The molecule has 2 rings (SSSR count). The SMILES string of the molecule is Cn1cc(S(=O)(=O)Cl)cc1C(=O)OCC1CCOC1. The number of aryl methyl sites for hydroxylation is 1. The lowest BCUT2D eigenvalue weighted by atomic mass is 10.1. The van der Waals surface area contributed by atoms with Crippen LogP contribution in [0.2, 0.25) is 0 Å². The molecule has 0 spiro atoms. The lowest BCUT2D eigenvalue weighted by Crippen LogP contribution is -2.16. The van der Waals surface area contributed by atoms with E-state index in [0.29, 0.717) is 13.2 Å². The quantitative estimate of drug-likeness (QED) is 0.616. The molecule has 1 aliphatic rings. The number of rotatable bonds is 4. The van der Waals surface area contributed by atoms with Crippen molar-refractivity contribution < 1.29 is 22.7 Å². The summed E-state index contributed by atoms with van der Waals surface area (Å²) < 4.78 is 34.0. The summed E-state index contributed by atoms with van der Waals surface area (Å²) in [6, 6.07) is 1.20. The van der Waals surface area contributed by atoms with Crippen LogP contribution in [0, 0.1) is 5.92 Å². The third-order valence-corrected chi connectivity index (χ3v) is 4.27. The van der Waals surface area contributed by atoms with Gasteiger partial charge in [0.1, 0.15) is 10.6 Å². The summed E-state index contributed by atoms with van der Waals surface area (Å²) in [7, 11) is 2.93. The summed E-state index contributed by atoms with van der Waals surface area (Å²) in [5, 5.41) is 0. The largest absolute Gasteiger partial charge is 0.461 e. The molecule has 2 heterocycles. The van der Waals surface area contributed by atoms with Crippen molar-refractivity contribution in [3.05, 3.63) is 18.0 Å². The second-order valence-electron chi connectivity index (χ2n) is 4.44. The summed E-state index contributed by atoms with van der Waals surface area (Å²) in [5.74, 6) is -0.360. The number of ether oxygens (including phenoxy) is 2. The maximum absolute atomic E-state index is 11.8. The van der Waals surface area contributed by atoms with E-state index in [0.717, 1.165) is 6.42 Å². The van der Waals surface area contributed by atoms with E-state index in [-0.39, 0.29) is 23.1 Å². The molecule has 0 bridgehead atoms. The summed E-state index contributed by atoms with van der Waals surface area (Å²) in [6.45, 7) is 1.54. The topological polar surface area (TPSA) is 74.6 Å². The first-order valence-electron chi connectivity index (χ1n) is 5.74. The zero-order valence-electron chi connectivity index (χ0n) is 10.3. The van der Waals surface area contributed by atoms with E-state index < -0.39 is 15.0 Å². The van der Waals surface area contributed by atoms with Crippen molar-refractivity contribution in [2.75, 3.05) is 19.8 Å². The monoisotopic (exact) mass is 307 g/mol. The van der Waals surface area contributed by atoms with Gasteiger partial charge < -0.3 is 14.0 Å². The van der Waals surface area contributed by atoms with Gasteiger partial charge in [0.15, 0.2) is 0 Å². The van der Waals surface area contributed by atoms with Crippen LogP contribution in [0.15, 0.2) is 17.2 Å². The Hall–Kier alpha value is -1.05. The molecule has 8 heteroatoms. The number of aromatic nitrogens is 1. The van der Waals surface area contributed by atoms with Crippen LogP contribution in [0.25, 0.3) is 0 Å². The number of esters is 1. The fourth-order valence-electron chi connectivity index (χ4n) is 1.85. The molecule has 1 aromatic heterocycles. The fraction of sp³-hybridized carbons (Fsp3) is 0.545. The van der Waals surface area contributed by atoms with Crippen molar-refractivity contribution in [1.29, 1.82) is 0 Å². The summed E-state index contributed by atoms with van der Waals surface area (Å²) >= 11 is 0. The van der Waals surface area contributed by atoms with E-state index in [9.17, 15) is 13.2 Å². The lowest BCUT2D eigenvalue weighted by molar-refractivity contribution is 0.0417. The number of carbonyl (C=O) groups is 1. The van der Waals surface area contributed by atoms with E-state index in [1.807, 2.05) is 0 Å². The predicted molar refractivity (Wildman–Crippen MR) is 67.7 cm³/mol. The van der Waals surface area contributed by atoms with Gasteiger partial charge in [-0.15, -0.1) is 0 Å². The Balaban J connectivity index is 2.04. The van der Waals surface area contributed by atoms with E-state index in [4.69, 9.17) is 20.2 Å². The standard InChI is InChI=1S/C11H14ClNO5S/c1-13-5-9(19(12,15)16)4-10(13)11(14)18-7-8-2-3-17-6-8/h4-5,8H,2-3,6-7H2,1H3. The summed E-state index contributed by atoms with van der Waals surface area (Å²) in [5.41, 5.74) is 0.151. The highest BCUT2D eigenvalue weighted by atomic mass is 35.7. The van der Waals surface area contributed by atoms with Gasteiger partial charge in [-0.3, -0.25) is 0 Å². The average Bonchev–Trinajstić information content (AvgIpc) is 2.93. The molecule has 0 aliphatic carbocycles. The van der Waals surface area contributed by atoms with Gasteiger partial charge >= 0.3 is 5.97 Å². The third-order valence-electron chi connectivity index (χ3n) is 2.94. The molecule has 1 aliphatic heterocycles. The Morgan fingerprint density at radius 3 is 2.89 bits per heavy atom. The van der Waals surface area contributed by atoms with Crippen LogP contribution < -0.4 is 0 Å². The number of halogens is 1. The summed E-state index contributed by atoms with van der Waals surface area (Å²) in [4.78, 5) is 11.7. The third kappa shape index (κ3) is 3.49. The molecule has 0 amide bonds. The fourth-order valence-corrected chi connectivity index (χ4v) is 2.64. The lowest BCUT2D eigenvalue weighted by Gasteiger charge is -2.09. The molecule has 1 fully saturated rings. The Bertz CT molecular complexity index is 574. The van der Waals surface area contributed by atoms with Crippen molar-refractivity contribution in [1.82, 2.24) is 4.57 Å². The van der Waals surface area contributed by atoms with Gasteiger partial charge in [0.25, 0.3) is 9.05 Å². The minimum Gasteiger partial charge on any atom is -0.461 e. The Morgan fingerprint density at radius 1 is 1.63 bits per heavy atom. The van der Waals surface area contributed by atoms with Gasteiger partial charge in [0.2, 0.25) is 0 Å². The molecule has 1 aromatic rings. The normalized spacial score (nSPS) is 19.6. The number of hydrogen-bond donors (Lipinski definition) is 0. The van der Waals surface area contributed by atoms with Gasteiger partial charge in [-0.05, 0) is 12.5 Å². The molecule has 0 N–H and O–H groups in total. The van der Waals surface area contributed by atoms with Gasteiger partial charge in [0, 0.05) is 36.5 Å². The molecule has 0 radical (unpaired) electrons. The van der Waals surface area contributed by atoms with E-state index in [2.05, 4.69) is 0 Å². The zero-order chi connectivity index (χ0) is 14.0. The van der Waals surface area contributed by atoms with Crippen molar-refractivity contribution in [2.24, 2.45) is 13.0 Å². The van der Waals surface area contributed by atoms with Crippen molar-refractivity contribution in [3.63, 3.8) is 0 Å². The second-order valence-corrected chi connectivity index (χ2v) is 7.00. The molecule has 6 nitrogen and oxygen atoms in total. The highest BCUT2D eigenvalue weighted by Gasteiger charge is 2.22. The molecule has 1 unspecified atom stereocenters. The van der Waals surface area contributed by atoms with Crippen LogP contribution in [-0.4, -0.2) is 38.8 Å². The van der Waals surface area contributed by atoms with Crippen LogP contribution in [0.5, 0.6) is 0 Å². The minimum absolute atomic E-state index is 0.118. The highest BCUT2D eigenvalue weighted by Crippen LogP contribution is 2.19. The summed E-state index contributed by atoms with van der Waals surface area (Å²) in [6.07, 6.45) is 2.14. The van der Waals surface area contributed by atoms with Crippen LogP contribution in [-0.2, 0) is 25.6 Å². The van der Waals surface area contributed by atoms with E-state index in [1.165, 1.54) is 16.8 Å². The molecule has 1 saturated heterocycles. The molecule has 1 atom stereocenters. The van der Waals surface area contributed by atoms with Crippen LogP contribution in [0.4, 0.5) is 0 Å². The number of hydrogen-bond acceptors (Lipinski definition) is 5. The van der Waals surface area contributed by atoms with Gasteiger partial charge in [0.05, 0.1) is 13.2 Å². The molecule has 106 valence electrons. The number of carbonyl (C=O) groups excluding carboxylic acids is 1.